The molecule has 25 heavy (non-hydrogen) atoms. The molecule has 2 rings (SSSR count). The van der Waals surface area contributed by atoms with Gasteiger partial charge < -0.3 is 14.8 Å². The quantitative estimate of drug-likeness (QED) is 0.490. The fourth-order valence-corrected chi connectivity index (χ4v) is 3.16. The van der Waals surface area contributed by atoms with Crippen molar-refractivity contribution in [1.82, 2.24) is 5.32 Å². The normalized spacial score (nSPS) is 10.6. The minimum absolute atomic E-state index is 0.0456. The third-order valence-corrected chi connectivity index (χ3v) is 4.80. The Hall–Kier alpha value is -1.66. The largest absolute Gasteiger partial charge is 0.493 e. The monoisotopic (exact) mass is 423 g/mol. The third-order valence-electron chi connectivity index (χ3n) is 3.26. The minimum atomic E-state index is -0.120. The lowest BCUT2D eigenvalue weighted by atomic mass is 10.2. The molecule has 0 spiro atoms. The Balaban J connectivity index is 1.86. The molecule has 0 aliphatic carbocycles. The van der Waals surface area contributed by atoms with Crippen molar-refractivity contribution in [2.45, 2.75) is 24.8 Å². The molecular formula is C19H22BrNO3S. The van der Waals surface area contributed by atoms with Crippen LogP contribution in [0, 0.1) is 0 Å². The molecule has 0 fully saturated rings. The number of hydrogen-bond acceptors (Lipinski definition) is 4. The van der Waals surface area contributed by atoms with Crippen LogP contribution in [0.15, 0.2) is 51.8 Å². The Morgan fingerprint density at radius 2 is 1.88 bits per heavy atom. The van der Waals surface area contributed by atoms with Gasteiger partial charge in [-0.3, -0.25) is 4.79 Å². The van der Waals surface area contributed by atoms with Gasteiger partial charge in [-0.2, -0.15) is 0 Å². The second-order valence-corrected chi connectivity index (χ2v) is 7.67. The number of hydrogen-bond donors (Lipinski definition) is 1. The summed E-state index contributed by atoms with van der Waals surface area (Å²) in [5.41, 5.74) is 0.557. The Bertz CT molecular complexity index is 704. The molecule has 4 nitrogen and oxygen atoms in total. The van der Waals surface area contributed by atoms with Gasteiger partial charge in [-0.15, -0.1) is 11.8 Å². The Morgan fingerprint density at radius 3 is 2.52 bits per heavy atom. The standard InChI is InChI=1S/C19H22BrNO3S/c1-13(2)24-17-9-4-14(12-18(17)23-3)19(22)21-10-11-25-16-7-5-15(20)6-8-16/h4-9,12-13H,10-11H2,1-3H3,(H,21,22). The molecule has 0 aromatic heterocycles. The van der Waals surface area contributed by atoms with Gasteiger partial charge in [-0.25, -0.2) is 0 Å². The maximum Gasteiger partial charge on any atom is 0.251 e. The average Bonchev–Trinajstić information content (AvgIpc) is 2.60. The second kappa shape index (κ2) is 9.73. The number of halogens is 1. The lowest BCUT2D eigenvalue weighted by Gasteiger charge is -2.14. The van der Waals surface area contributed by atoms with E-state index >= 15 is 0 Å². The number of carbonyl (C=O) groups excluding carboxylic acids is 1. The Labute approximate surface area is 161 Å². The topological polar surface area (TPSA) is 47.6 Å². The summed E-state index contributed by atoms with van der Waals surface area (Å²) in [6, 6.07) is 13.3. The van der Waals surface area contributed by atoms with Gasteiger partial charge in [-0.1, -0.05) is 15.9 Å². The van der Waals surface area contributed by atoms with E-state index in [-0.39, 0.29) is 12.0 Å². The molecule has 0 atom stereocenters. The highest BCUT2D eigenvalue weighted by atomic mass is 79.9. The zero-order chi connectivity index (χ0) is 18.2. The summed E-state index contributed by atoms with van der Waals surface area (Å²) < 4.78 is 12.0. The lowest BCUT2D eigenvalue weighted by molar-refractivity contribution is 0.0955. The van der Waals surface area contributed by atoms with Crippen LogP contribution in [0.25, 0.3) is 0 Å². The highest BCUT2D eigenvalue weighted by molar-refractivity contribution is 9.10. The summed E-state index contributed by atoms with van der Waals surface area (Å²) in [7, 11) is 1.57. The van der Waals surface area contributed by atoms with E-state index in [0.717, 1.165) is 10.2 Å². The number of rotatable bonds is 8. The summed E-state index contributed by atoms with van der Waals surface area (Å²) in [5, 5.41) is 2.93. The molecule has 134 valence electrons. The predicted octanol–water partition coefficient (Wildman–Crippen LogP) is 4.77. The molecule has 0 aliphatic heterocycles. The highest BCUT2D eigenvalue weighted by Crippen LogP contribution is 2.29. The van der Waals surface area contributed by atoms with Crippen LogP contribution in [0.2, 0.25) is 0 Å². The van der Waals surface area contributed by atoms with E-state index < -0.39 is 0 Å². The van der Waals surface area contributed by atoms with E-state index in [4.69, 9.17) is 9.47 Å². The first-order chi connectivity index (χ1) is 12.0. The first-order valence-electron chi connectivity index (χ1n) is 8.01. The van der Waals surface area contributed by atoms with Crippen LogP contribution in [-0.4, -0.2) is 31.4 Å². The van der Waals surface area contributed by atoms with Crippen molar-refractivity contribution in [2.75, 3.05) is 19.4 Å². The molecule has 0 bridgehead atoms. The van der Waals surface area contributed by atoms with E-state index in [9.17, 15) is 4.79 Å². The molecule has 0 saturated heterocycles. The molecule has 0 saturated carbocycles. The Kier molecular flexibility index (Phi) is 7.65. The van der Waals surface area contributed by atoms with Crippen molar-refractivity contribution in [3.63, 3.8) is 0 Å². The molecule has 0 aliphatic rings. The van der Waals surface area contributed by atoms with Crippen LogP contribution in [0.4, 0.5) is 0 Å². The summed E-state index contributed by atoms with van der Waals surface area (Å²) in [6.07, 6.45) is 0.0456. The minimum Gasteiger partial charge on any atom is -0.493 e. The summed E-state index contributed by atoms with van der Waals surface area (Å²) in [4.78, 5) is 13.5. The summed E-state index contributed by atoms with van der Waals surface area (Å²) in [6.45, 7) is 4.48. The number of benzene rings is 2. The van der Waals surface area contributed by atoms with Gasteiger partial charge in [-0.05, 0) is 56.3 Å². The van der Waals surface area contributed by atoms with Crippen molar-refractivity contribution < 1.29 is 14.3 Å². The number of ether oxygens (including phenoxy) is 2. The van der Waals surface area contributed by atoms with Crippen LogP contribution >= 0.6 is 27.7 Å². The zero-order valence-electron chi connectivity index (χ0n) is 14.5. The lowest BCUT2D eigenvalue weighted by Crippen LogP contribution is -2.25. The number of nitrogens with one attached hydrogen (secondary N) is 1. The van der Waals surface area contributed by atoms with E-state index in [1.54, 1.807) is 37.1 Å². The molecule has 1 amide bonds. The van der Waals surface area contributed by atoms with Crippen LogP contribution in [0.5, 0.6) is 11.5 Å². The van der Waals surface area contributed by atoms with Gasteiger partial charge in [0.1, 0.15) is 0 Å². The van der Waals surface area contributed by atoms with E-state index in [1.807, 2.05) is 26.0 Å². The van der Waals surface area contributed by atoms with E-state index in [1.165, 1.54) is 4.90 Å². The fraction of sp³-hybridized carbons (Fsp3) is 0.316. The highest BCUT2D eigenvalue weighted by Gasteiger charge is 2.11. The SMILES string of the molecule is COc1cc(C(=O)NCCSc2ccc(Br)cc2)ccc1OC(C)C. The molecule has 6 heteroatoms. The van der Waals surface area contributed by atoms with E-state index in [2.05, 4.69) is 33.4 Å². The molecule has 1 N–H and O–H groups in total. The molecule has 0 radical (unpaired) electrons. The average molecular weight is 424 g/mol. The smallest absolute Gasteiger partial charge is 0.251 e. The molecule has 0 unspecified atom stereocenters. The van der Waals surface area contributed by atoms with Gasteiger partial charge in [0.05, 0.1) is 13.2 Å². The number of amides is 1. The molecule has 0 heterocycles. The summed E-state index contributed by atoms with van der Waals surface area (Å²) in [5.74, 6) is 1.88. The van der Waals surface area contributed by atoms with Crippen molar-refractivity contribution in [2.24, 2.45) is 0 Å². The van der Waals surface area contributed by atoms with Crippen LogP contribution in [-0.2, 0) is 0 Å². The van der Waals surface area contributed by atoms with Gasteiger partial charge in [0.25, 0.3) is 5.91 Å². The number of thioether (sulfide) groups is 1. The molecular weight excluding hydrogens is 402 g/mol. The van der Waals surface area contributed by atoms with Crippen molar-refractivity contribution in [3.8, 4) is 11.5 Å². The van der Waals surface area contributed by atoms with Gasteiger partial charge in [0.15, 0.2) is 11.5 Å². The first-order valence-corrected chi connectivity index (χ1v) is 9.78. The zero-order valence-corrected chi connectivity index (χ0v) is 16.9. The van der Waals surface area contributed by atoms with Crippen molar-refractivity contribution in [3.05, 3.63) is 52.5 Å². The van der Waals surface area contributed by atoms with Gasteiger partial charge in [0.2, 0.25) is 0 Å². The molecule has 2 aromatic carbocycles. The maximum absolute atomic E-state index is 12.3. The Morgan fingerprint density at radius 1 is 1.16 bits per heavy atom. The third kappa shape index (κ3) is 6.29. The van der Waals surface area contributed by atoms with Crippen LogP contribution in [0.3, 0.4) is 0 Å². The second-order valence-electron chi connectivity index (χ2n) is 5.59. The summed E-state index contributed by atoms with van der Waals surface area (Å²) >= 11 is 5.12. The molecule has 2 aromatic rings. The van der Waals surface area contributed by atoms with E-state index in [0.29, 0.717) is 23.6 Å². The number of methoxy groups -OCH3 is 1. The van der Waals surface area contributed by atoms with Crippen LogP contribution < -0.4 is 14.8 Å². The van der Waals surface area contributed by atoms with Crippen molar-refractivity contribution in [1.29, 1.82) is 0 Å². The first kappa shape index (κ1) is 19.7. The maximum atomic E-state index is 12.3. The number of carbonyl (C=O) groups is 1. The van der Waals surface area contributed by atoms with Gasteiger partial charge >= 0.3 is 0 Å². The van der Waals surface area contributed by atoms with Gasteiger partial charge in [0, 0.05) is 27.2 Å². The predicted molar refractivity (Wildman–Crippen MR) is 106 cm³/mol. The van der Waals surface area contributed by atoms with Crippen LogP contribution in [0.1, 0.15) is 24.2 Å². The fourth-order valence-electron chi connectivity index (χ4n) is 2.13. The van der Waals surface area contributed by atoms with Crippen molar-refractivity contribution >= 4 is 33.6 Å².